The molecule has 100 valence electrons. The van der Waals surface area contributed by atoms with Crippen LogP contribution < -0.4 is 4.90 Å². The molecule has 3 heteroatoms. The molecule has 1 aromatic carbocycles. The van der Waals surface area contributed by atoms with E-state index in [2.05, 4.69) is 46.0 Å². The summed E-state index contributed by atoms with van der Waals surface area (Å²) in [5, 5.41) is 0. The summed E-state index contributed by atoms with van der Waals surface area (Å²) in [6, 6.07) is 6.46. The number of anilines is 1. The Labute approximate surface area is 124 Å². The van der Waals surface area contributed by atoms with Gasteiger partial charge in [-0.2, -0.15) is 0 Å². The molecule has 1 aromatic rings. The number of hydrogen-bond acceptors (Lipinski definition) is 1. The summed E-state index contributed by atoms with van der Waals surface area (Å²) in [5.41, 5.74) is 2.56. The maximum Gasteiger partial charge on any atom is 0.0494 e. The van der Waals surface area contributed by atoms with Crippen molar-refractivity contribution in [3.05, 3.63) is 28.2 Å². The number of halogens is 2. The molecule has 1 aliphatic heterocycles. The van der Waals surface area contributed by atoms with E-state index in [1.807, 2.05) is 0 Å². The summed E-state index contributed by atoms with van der Waals surface area (Å²) < 4.78 is 1.11. The minimum Gasteiger partial charge on any atom is -0.371 e. The van der Waals surface area contributed by atoms with Gasteiger partial charge in [0.25, 0.3) is 0 Å². The number of hydrogen-bond donors (Lipinski definition) is 0. The van der Waals surface area contributed by atoms with E-state index in [4.69, 9.17) is 11.6 Å². The lowest BCUT2D eigenvalue weighted by Gasteiger charge is -2.25. The Balaban J connectivity index is 2.15. The molecule has 0 aliphatic carbocycles. The van der Waals surface area contributed by atoms with E-state index in [1.165, 1.54) is 50.0 Å². The highest BCUT2D eigenvalue weighted by molar-refractivity contribution is 9.10. The predicted octanol–water partition coefficient (Wildman–Crippen LogP) is 5.20. The Hall–Kier alpha value is -0.210. The van der Waals surface area contributed by atoms with Gasteiger partial charge in [0.15, 0.2) is 0 Å². The van der Waals surface area contributed by atoms with Crippen molar-refractivity contribution in [3.63, 3.8) is 0 Å². The standard InChI is InChI=1S/C15H21BrClN/c1-2-12-4-3-8-18(9-7-12)15-6-5-14(16)10-13(15)11-17/h5-6,10,12H,2-4,7-9,11H2,1H3. The van der Waals surface area contributed by atoms with E-state index in [1.54, 1.807) is 0 Å². The fourth-order valence-electron chi connectivity index (χ4n) is 2.78. The molecule has 2 rings (SSSR count). The van der Waals surface area contributed by atoms with Gasteiger partial charge >= 0.3 is 0 Å². The third-order valence-corrected chi connectivity index (χ3v) is 4.73. The SMILES string of the molecule is CCC1CCCN(c2ccc(Br)cc2CCl)CC1. The molecule has 1 heterocycles. The molecule has 0 aromatic heterocycles. The van der Waals surface area contributed by atoms with Crippen LogP contribution in [0.5, 0.6) is 0 Å². The first-order chi connectivity index (χ1) is 8.74. The second-order valence-corrected chi connectivity index (χ2v) is 6.28. The number of rotatable bonds is 3. The lowest BCUT2D eigenvalue weighted by molar-refractivity contribution is 0.459. The Morgan fingerprint density at radius 1 is 1.33 bits per heavy atom. The van der Waals surface area contributed by atoms with Crippen LogP contribution in [0.1, 0.15) is 38.2 Å². The predicted molar refractivity (Wildman–Crippen MR) is 83.5 cm³/mol. The maximum atomic E-state index is 6.07. The van der Waals surface area contributed by atoms with Gasteiger partial charge in [0.05, 0.1) is 0 Å². The Kier molecular flexibility index (Phi) is 5.38. The molecule has 1 nitrogen and oxygen atoms in total. The summed E-state index contributed by atoms with van der Waals surface area (Å²) in [4.78, 5) is 2.51. The van der Waals surface area contributed by atoms with Crippen molar-refractivity contribution < 1.29 is 0 Å². The van der Waals surface area contributed by atoms with E-state index < -0.39 is 0 Å². The molecule has 0 spiro atoms. The Morgan fingerprint density at radius 3 is 2.89 bits per heavy atom. The molecule has 1 aliphatic rings. The second-order valence-electron chi connectivity index (χ2n) is 5.10. The molecule has 1 atom stereocenters. The third kappa shape index (κ3) is 3.42. The van der Waals surface area contributed by atoms with E-state index in [9.17, 15) is 0 Å². The van der Waals surface area contributed by atoms with Gasteiger partial charge in [-0.25, -0.2) is 0 Å². The molecular formula is C15H21BrClN. The van der Waals surface area contributed by atoms with Gasteiger partial charge in [-0.1, -0.05) is 29.3 Å². The fourth-order valence-corrected chi connectivity index (χ4v) is 3.41. The highest BCUT2D eigenvalue weighted by Gasteiger charge is 2.17. The van der Waals surface area contributed by atoms with Crippen molar-refractivity contribution in [2.24, 2.45) is 5.92 Å². The number of nitrogens with zero attached hydrogens (tertiary/aromatic N) is 1. The Morgan fingerprint density at radius 2 is 2.17 bits per heavy atom. The van der Waals surface area contributed by atoms with Gasteiger partial charge in [0.2, 0.25) is 0 Å². The summed E-state index contributed by atoms with van der Waals surface area (Å²) in [7, 11) is 0. The van der Waals surface area contributed by atoms with Crippen molar-refractivity contribution in [1.82, 2.24) is 0 Å². The van der Waals surface area contributed by atoms with Crippen LogP contribution in [0.15, 0.2) is 22.7 Å². The van der Waals surface area contributed by atoms with Crippen LogP contribution in [0.25, 0.3) is 0 Å². The molecule has 1 saturated heterocycles. The van der Waals surface area contributed by atoms with Crippen molar-refractivity contribution in [1.29, 1.82) is 0 Å². The maximum absolute atomic E-state index is 6.07. The van der Waals surface area contributed by atoms with Gasteiger partial charge in [-0.15, -0.1) is 11.6 Å². The lowest BCUT2D eigenvalue weighted by atomic mass is 9.98. The molecule has 1 fully saturated rings. The van der Waals surface area contributed by atoms with Crippen LogP contribution >= 0.6 is 27.5 Å². The van der Waals surface area contributed by atoms with Crippen molar-refractivity contribution in [2.75, 3.05) is 18.0 Å². The first-order valence-corrected chi connectivity index (χ1v) is 8.16. The summed E-state index contributed by atoms with van der Waals surface area (Å²) in [6.07, 6.45) is 5.31. The van der Waals surface area contributed by atoms with Crippen molar-refractivity contribution in [2.45, 2.75) is 38.5 Å². The summed E-state index contributed by atoms with van der Waals surface area (Å²) >= 11 is 9.59. The van der Waals surface area contributed by atoms with Gasteiger partial charge in [-0.3, -0.25) is 0 Å². The monoisotopic (exact) mass is 329 g/mol. The molecule has 0 radical (unpaired) electrons. The minimum atomic E-state index is 0.586. The van der Waals surface area contributed by atoms with E-state index in [0.29, 0.717) is 5.88 Å². The molecule has 0 N–H and O–H groups in total. The molecular weight excluding hydrogens is 310 g/mol. The molecule has 0 saturated carbocycles. The van der Waals surface area contributed by atoms with E-state index in [-0.39, 0.29) is 0 Å². The molecule has 0 amide bonds. The zero-order chi connectivity index (χ0) is 13.0. The van der Waals surface area contributed by atoms with Crippen LogP contribution in [-0.2, 0) is 5.88 Å². The lowest BCUT2D eigenvalue weighted by Crippen LogP contribution is -2.25. The van der Waals surface area contributed by atoms with Crippen LogP contribution in [0.3, 0.4) is 0 Å². The summed E-state index contributed by atoms with van der Waals surface area (Å²) in [5.74, 6) is 1.49. The highest BCUT2D eigenvalue weighted by atomic mass is 79.9. The normalized spacial score (nSPS) is 20.8. The van der Waals surface area contributed by atoms with E-state index >= 15 is 0 Å². The zero-order valence-electron chi connectivity index (χ0n) is 11.0. The van der Waals surface area contributed by atoms with Gasteiger partial charge in [-0.05, 0) is 48.9 Å². The quantitative estimate of drug-likeness (QED) is 0.688. The van der Waals surface area contributed by atoms with Crippen molar-refractivity contribution in [3.8, 4) is 0 Å². The molecule has 0 bridgehead atoms. The fraction of sp³-hybridized carbons (Fsp3) is 0.600. The first kappa shape index (κ1) is 14.2. The Bertz CT molecular complexity index is 394. The largest absolute Gasteiger partial charge is 0.371 e. The summed E-state index contributed by atoms with van der Waals surface area (Å²) in [6.45, 7) is 4.65. The molecule has 18 heavy (non-hydrogen) atoms. The van der Waals surface area contributed by atoms with Crippen LogP contribution in [0.4, 0.5) is 5.69 Å². The third-order valence-electron chi connectivity index (χ3n) is 3.95. The second kappa shape index (κ2) is 6.81. The average molecular weight is 331 g/mol. The van der Waals surface area contributed by atoms with Gasteiger partial charge in [0.1, 0.15) is 0 Å². The van der Waals surface area contributed by atoms with Crippen LogP contribution in [0.2, 0.25) is 0 Å². The average Bonchev–Trinajstić information content (AvgIpc) is 2.63. The molecule has 1 unspecified atom stereocenters. The smallest absolute Gasteiger partial charge is 0.0494 e. The number of alkyl halides is 1. The topological polar surface area (TPSA) is 3.24 Å². The van der Waals surface area contributed by atoms with Crippen molar-refractivity contribution >= 4 is 33.2 Å². The van der Waals surface area contributed by atoms with Gasteiger partial charge in [0, 0.05) is 29.1 Å². The van der Waals surface area contributed by atoms with Crippen LogP contribution in [-0.4, -0.2) is 13.1 Å². The van der Waals surface area contributed by atoms with Gasteiger partial charge < -0.3 is 4.90 Å². The van der Waals surface area contributed by atoms with Crippen LogP contribution in [0, 0.1) is 5.92 Å². The van der Waals surface area contributed by atoms with E-state index in [0.717, 1.165) is 10.4 Å². The minimum absolute atomic E-state index is 0.586. The zero-order valence-corrected chi connectivity index (χ0v) is 13.3. The highest BCUT2D eigenvalue weighted by Crippen LogP contribution is 2.29. The number of benzene rings is 1. The first-order valence-electron chi connectivity index (χ1n) is 6.84.